The minimum atomic E-state index is -0.245. The summed E-state index contributed by atoms with van der Waals surface area (Å²) in [6.07, 6.45) is 1.82. The number of anilines is 1. The fraction of sp³-hybridized carbons (Fsp3) is 0.472. The van der Waals surface area contributed by atoms with E-state index in [1.165, 1.54) is 0 Å². The Bertz CT molecular complexity index is 1910. The van der Waals surface area contributed by atoms with Crippen molar-refractivity contribution in [3.8, 4) is 11.1 Å². The van der Waals surface area contributed by atoms with Crippen molar-refractivity contribution in [3.05, 3.63) is 85.2 Å². The van der Waals surface area contributed by atoms with E-state index in [1.807, 2.05) is 55.7 Å². The Morgan fingerprint density at radius 2 is 1.79 bits per heavy atom. The molecule has 2 aromatic carbocycles. The van der Waals surface area contributed by atoms with Crippen LogP contribution in [0.1, 0.15) is 58.5 Å². The average Bonchev–Trinajstić information content (AvgIpc) is 3.28. The van der Waals surface area contributed by atoms with E-state index in [0.717, 1.165) is 77.1 Å². The van der Waals surface area contributed by atoms with E-state index in [1.54, 1.807) is 11.6 Å². The highest BCUT2D eigenvalue weighted by molar-refractivity contribution is 5.99. The SMILES string of the molecule is CCN(c1cc(-c2ccc3c(c2)n(C)c(=O)n3C2CN(CCO)C2)cc(C(=O)NCc2c(C)cc(C)[nH]c2=O)c1C)C1CCOCC1. The molecule has 2 aliphatic rings. The van der Waals surface area contributed by atoms with Crippen LogP contribution in [0.5, 0.6) is 0 Å². The number of fused-ring (bicyclic) bond motifs is 1. The maximum Gasteiger partial charge on any atom is 0.329 e. The van der Waals surface area contributed by atoms with Gasteiger partial charge in [0.15, 0.2) is 0 Å². The lowest BCUT2D eigenvalue weighted by Gasteiger charge is -2.39. The summed E-state index contributed by atoms with van der Waals surface area (Å²) in [5, 5.41) is 12.3. The molecular formula is C36H46N6O5. The quantitative estimate of drug-likeness (QED) is 0.242. The van der Waals surface area contributed by atoms with Crippen LogP contribution in [0.3, 0.4) is 0 Å². The molecular weight excluding hydrogens is 596 g/mol. The number of aromatic nitrogens is 3. The third-order valence-electron chi connectivity index (χ3n) is 9.97. The number of rotatable bonds is 10. The number of aliphatic hydroxyl groups excluding tert-OH is 1. The lowest BCUT2D eigenvalue weighted by molar-refractivity contribution is 0.0839. The van der Waals surface area contributed by atoms with Crippen molar-refractivity contribution in [1.29, 1.82) is 0 Å². The number of pyridine rings is 1. The molecule has 250 valence electrons. The number of carbonyl (C=O) groups excluding carboxylic acids is 1. The molecule has 3 N–H and O–H groups in total. The molecule has 2 aliphatic heterocycles. The van der Waals surface area contributed by atoms with Gasteiger partial charge in [-0.2, -0.15) is 0 Å². The first kappa shape index (κ1) is 32.7. The third kappa shape index (κ3) is 6.27. The highest BCUT2D eigenvalue weighted by Crippen LogP contribution is 2.35. The number of H-pyrrole nitrogens is 1. The Morgan fingerprint density at radius 3 is 2.47 bits per heavy atom. The average molecular weight is 643 g/mol. The van der Waals surface area contributed by atoms with Gasteiger partial charge in [0.05, 0.1) is 23.7 Å². The van der Waals surface area contributed by atoms with Gasteiger partial charge in [0.25, 0.3) is 11.5 Å². The molecule has 4 aromatic rings. The van der Waals surface area contributed by atoms with Gasteiger partial charge in [0, 0.05) is 81.5 Å². The molecule has 1 amide bonds. The van der Waals surface area contributed by atoms with Gasteiger partial charge in [-0.05, 0) is 93.1 Å². The summed E-state index contributed by atoms with van der Waals surface area (Å²) < 4.78 is 9.22. The molecule has 0 spiro atoms. The fourth-order valence-electron chi connectivity index (χ4n) is 7.31. The molecule has 6 rings (SSSR count). The first-order valence-electron chi connectivity index (χ1n) is 16.6. The van der Waals surface area contributed by atoms with Crippen molar-refractivity contribution in [2.45, 2.75) is 59.2 Å². The van der Waals surface area contributed by atoms with Crippen LogP contribution in [0, 0.1) is 20.8 Å². The molecule has 0 radical (unpaired) electrons. The van der Waals surface area contributed by atoms with Crippen LogP contribution in [-0.4, -0.2) is 82.1 Å². The first-order chi connectivity index (χ1) is 22.6. The molecule has 0 aliphatic carbocycles. The summed E-state index contributed by atoms with van der Waals surface area (Å²) in [6, 6.07) is 12.4. The van der Waals surface area contributed by atoms with E-state index < -0.39 is 0 Å². The molecule has 11 nitrogen and oxygen atoms in total. The Balaban J connectivity index is 1.40. The lowest BCUT2D eigenvalue weighted by Crippen LogP contribution is -2.51. The molecule has 4 heterocycles. The van der Waals surface area contributed by atoms with Crippen molar-refractivity contribution in [2.24, 2.45) is 7.05 Å². The van der Waals surface area contributed by atoms with Crippen molar-refractivity contribution in [2.75, 3.05) is 50.9 Å². The zero-order valence-electron chi connectivity index (χ0n) is 28.1. The third-order valence-corrected chi connectivity index (χ3v) is 9.97. The summed E-state index contributed by atoms with van der Waals surface area (Å²) in [4.78, 5) is 47.4. The minimum absolute atomic E-state index is 0.0616. The number of amides is 1. The second-order valence-corrected chi connectivity index (χ2v) is 13.0. The van der Waals surface area contributed by atoms with Gasteiger partial charge in [-0.1, -0.05) is 6.07 Å². The van der Waals surface area contributed by atoms with Crippen LogP contribution in [0.2, 0.25) is 0 Å². The standard InChI is InChI=1S/C36H46N6O5/c1-6-41(27-9-13-47-14-10-27)32-18-26(16-29(24(32)4)34(44)37-19-30-22(2)15-23(3)38-35(30)45)25-7-8-31-33(17-25)39(5)36(46)42(31)28-20-40(21-28)11-12-43/h7-8,15-18,27-28,43H,6,9-14,19-21H2,1-5H3,(H,37,44)(H,38,45). The number of nitrogens with zero attached hydrogens (tertiary/aromatic N) is 4. The van der Waals surface area contributed by atoms with Crippen LogP contribution in [-0.2, 0) is 18.3 Å². The second kappa shape index (κ2) is 13.5. The molecule has 0 bridgehead atoms. The number of benzene rings is 2. The van der Waals surface area contributed by atoms with Gasteiger partial charge in [-0.25, -0.2) is 4.79 Å². The van der Waals surface area contributed by atoms with Gasteiger partial charge in [0.2, 0.25) is 0 Å². The van der Waals surface area contributed by atoms with Gasteiger partial charge < -0.3 is 25.0 Å². The Morgan fingerprint density at radius 1 is 1.04 bits per heavy atom. The summed E-state index contributed by atoms with van der Waals surface area (Å²) in [6.45, 7) is 12.3. The van der Waals surface area contributed by atoms with Crippen LogP contribution in [0.4, 0.5) is 5.69 Å². The second-order valence-electron chi connectivity index (χ2n) is 13.0. The molecule has 0 unspecified atom stereocenters. The number of ether oxygens (including phenoxy) is 1. The van der Waals surface area contributed by atoms with Gasteiger partial charge in [0.1, 0.15) is 0 Å². The predicted octanol–water partition coefficient (Wildman–Crippen LogP) is 3.40. The number of aromatic amines is 1. The monoisotopic (exact) mass is 642 g/mol. The van der Waals surface area contributed by atoms with E-state index in [9.17, 15) is 19.5 Å². The van der Waals surface area contributed by atoms with Crippen molar-refractivity contribution in [3.63, 3.8) is 0 Å². The van der Waals surface area contributed by atoms with Gasteiger partial charge in [-0.3, -0.25) is 23.6 Å². The van der Waals surface area contributed by atoms with Crippen LogP contribution in [0.15, 0.2) is 46.0 Å². The van der Waals surface area contributed by atoms with Crippen molar-refractivity contribution >= 4 is 22.6 Å². The number of nitrogens with one attached hydrogen (secondary N) is 2. The summed E-state index contributed by atoms with van der Waals surface area (Å²) in [5.74, 6) is -0.245. The smallest absolute Gasteiger partial charge is 0.329 e. The largest absolute Gasteiger partial charge is 0.395 e. The Labute approximate surface area is 274 Å². The number of hydrogen-bond donors (Lipinski definition) is 3. The highest BCUT2D eigenvalue weighted by atomic mass is 16.5. The van der Waals surface area contributed by atoms with Crippen molar-refractivity contribution < 1.29 is 14.6 Å². The number of aryl methyl sites for hydroxylation is 3. The summed E-state index contributed by atoms with van der Waals surface area (Å²) in [5.41, 5.74) is 7.81. The molecule has 11 heteroatoms. The number of carbonyl (C=O) groups is 1. The first-order valence-corrected chi connectivity index (χ1v) is 16.6. The zero-order chi connectivity index (χ0) is 33.4. The van der Waals surface area contributed by atoms with Crippen LogP contribution < -0.4 is 21.5 Å². The number of likely N-dealkylation sites (tertiary alicyclic amines) is 1. The van der Waals surface area contributed by atoms with E-state index in [0.29, 0.717) is 30.9 Å². The summed E-state index contributed by atoms with van der Waals surface area (Å²) in [7, 11) is 1.80. The minimum Gasteiger partial charge on any atom is -0.395 e. The molecule has 0 saturated carbocycles. The molecule has 0 atom stereocenters. The number of imidazole rings is 1. The van der Waals surface area contributed by atoms with Crippen molar-refractivity contribution in [1.82, 2.24) is 24.3 Å². The number of hydrogen-bond acceptors (Lipinski definition) is 7. The van der Waals surface area contributed by atoms with E-state index in [4.69, 9.17) is 4.74 Å². The van der Waals surface area contributed by atoms with Crippen LogP contribution in [0.25, 0.3) is 22.2 Å². The zero-order valence-corrected chi connectivity index (χ0v) is 28.1. The summed E-state index contributed by atoms with van der Waals surface area (Å²) >= 11 is 0. The fourth-order valence-corrected chi connectivity index (χ4v) is 7.31. The number of aliphatic hydroxyl groups is 1. The predicted molar refractivity (Wildman–Crippen MR) is 184 cm³/mol. The van der Waals surface area contributed by atoms with Crippen LogP contribution >= 0.6 is 0 Å². The molecule has 2 saturated heterocycles. The normalized spacial score (nSPS) is 16.0. The maximum atomic E-state index is 13.9. The van der Waals surface area contributed by atoms with Gasteiger partial charge in [-0.15, -0.1) is 0 Å². The van der Waals surface area contributed by atoms with Gasteiger partial charge >= 0.3 is 5.69 Å². The Hall–Kier alpha value is -4.19. The Kier molecular flexibility index (Phi) is 9.41. The van der Waals surface area contributed by atoms with E-state index in [2.05, 4.69) is 33.1 Å². The molecule has 2 fully saturated rings. The maximum absolute atomic E-state index is 13.9. The lowest BCUT2D eigenvalue weighted by atomic mass is 9.95. The van der Waals surface area contributed by atoms with E-state index >= 15 is 0 Å². The number of β-amino-alcohol motifs (C(OH)–C–C–N with tert-alkyl or cyclic N) is 1. The topological polar surface area (TPSA) is 125 Å². The van der Waals surface area contributed by atoms with E-state index in [-0.39, 0.29) is 42.4 Å². The highest BCUT2D eigenvalue weighted by Gasteiger charge is 2.31. The molecule has 2 aromatic heterocycles. The molecule has 47 heavy (non-hydrogen) atoms.